The molecule has 0 spiro atoms. The Morgan fingerprint density at radius 1 is 1.07 bits per heavy atom. The number of aryl methyl sites for hydroxylation is 3. The van der Waals surface area contributed by atoms with E-state index in [2.05, 4.69) is 17.0 Å². The molecule has 3 aromatic rings. The van der Waals surface area contributed by atoms with Gasteiger partial charge in [-0.25, -0.2) is 4.79 Å². The zero-order valence-corrected chi connectivity index (χ0v) is 17.4. The molecule has 0 bridgehead atoms. The third-order valence-electron chi connectivity index (χ3n) is 6.05. The third-order valence-corrected chi connectivity index (χ3v) is 7.04. The van der Waals surface area contributed by atoms with Crippen LogP contribution in [0.2, 0.25) is 0 Å². The van der Waals surface area contributed by atoms with Gasteiger partial charge >= 0.3 is 5.63 Å². The monoisotopic (exact) mass is 408 g/mol. The molecule has 29 heavy (non-hydrogen) atoms. The Balaban J connectivity index is 1.32. The van der Waals surface area contributed by atoms with Crippen molar-refractivity contribution in [2.45, 2.75) is 32.7 Å². The molecule has 0 radical (unpaired) electrons. The second-order valence-corrected chi connectivity index (χ2v) is 9.33. The average molecular weight is 409 g/mol. The predicted molar refractivity (Wildman–Crippen MR) is 115 cm³/mol. The van der Waals surface area contributed by atoms with Gasteiger partial charge in [-0.05, 0) is 67.1 Å². The molecule has 2 aromatic heterocycles. The minimum absolute atomic E-state index is 0.129. The Labute approximate surface area is 173 Å². The fourth-order valence-electron chi connectivity index (χ4n) is 4.48. The summed E-state index contributed by atoms with van der Waals surface area (Å²) in [5, 5.41) is 1.05. The van der Waals surface area contributed by atoms with Crippen LogP contribution in [0.5, 0.6) is 0 Å². The van der Waals surface area contributed by atoms with Crippen LogP contribution in [0.15, 0.2) is 39.5 Å². The molecule has 1 aromatic carbocycles. The number of fused-ring (bicyclic) bond motifs is 2. The Bertz CT molecular complexity index is 1140. The van der Waals surface area contributed by atoms with Crippen molar-refractivity contribution in [2.75, 3.05) is 26.2 Å². The van der Waals surface area contributed by atoms with E-state index in [4.69, 9.17) is 4.42 Å². The summed E-state index contributed by atoms with van der Waals surface area (Å²) in [4.78, 5) is 31.0. The predicted octanol–water partition coefficient (Wildman–Crippen LogP) is 3.61. The van der Waals surface area contributed by atoms with Crippen molar-refractivity contribution in [2.24, 2.45) is 0 Å². The maximum Gasteiger partial charge on any atom is 0.336 e. The van der Waals surface area contributed by atoms with Gasteiger partial charge in [0.15, 0.2) is 0 Å². The first kappa shape index (κ1) is 18.6. The van der Waals surface area contributed by atoms with Gasteiger partial charge in [0.1, 0.15) is 5.58 Å². The second kappa shape index (κ2) is 7.43. The fourth-order valence-corrected chi connectivity index (χ4v) is 5.32. The molecule has 6 heteroatoms. The molecule has 3 heterocycles. The Hall–Kier alpha value is -2.44. The number of thiophene rings is 1. The van der Waals surface area contributed by atoms with Crippen LogP contribution in [-0.4, -0.2) is 41.9 Å². The number of carbonyl (C=O) groups excluding carboxylic acids is 1. The van der Waals surface area contributed by atoms with Gasteiger partial charge in [0, 0.05) is 49.1 Å². The van der Waals surface area contributed by atoms with Crippen LogP contribution in [0.25, 0.3) is 11.0 Å². The minimum Gasteiger partial charge on any atom is -0.423 e. The van der Waals surface area contributed by atoms with Crippen LogP contribution in [0.4, 0.5) is 0 Å². The van der Waals surface area contributed by atoms with Crippen molar-refractivity contribution in [1.29, 1.82) is 0 Å². The fraction of sp³-hybridized carbons (Fsp3) is 0.391. The van der Waals surface area contributed by atoms with Gasteiger partial charge in [-0.1, -0.05) is 0 Å². The SMILES string of the molecule is Cc1ccc(C(=O)N2CCN(Cc3cc(=O)oc4cc5c(cc34)CCC5)CC2)s1. The maximum atomic E-state index is 12.7. The first-order valence-electron chi connectivity index (χ1n) is 10.2. The lowest BCUT2D eigenvalue weighted by Crippen LogP contribution is -2.48. The smallest absolute Gasteiger partial charge is 0.336 e. The van der Waals surface area contributed by atoms with Gasteiger partial charge in [-0.3, -0.25) is 9.69 Å². The molecule has 1 fully saturated rings. The van der Waals surface area contributed by atoms with Gasteiger partial charge in [-0.15, -0.1) is 11.3 Å². The van der Waals surface area contributed by atoms with Crippen molar-refractivity contribution < 1.29 is 9.21 Å². The zero-order chi connectivity index (χ0) is 20.0. The second-order valence-electron chi connectivity index (χ2n) is 8.04. The molecule has 5 nitrogen and oxygen atoms in total. The van der Waals surface area contributed by atoms with E-state index in [1.165, 1.54) is 17.5 Å². The Morgan fingerprint density at radius 3 is 2.55 bits per heavy atom. The summed E-state index contributed by atoms with van der Waals surface area (Å²) in [6.07, 6.45) is 3.34. The van der Waals surface area contributed by atoms with Crippen LogP contribution in [0.3, 0.4) is 0 Å². The van der Waals surface area contributed by atoms with Crippen molar-refractivity contribution in [3.05, 3.63) is 67.2 Å². The first-order valence-corrected chi connectivity index (χ1v) is 11.0. The summed E-state index contributed by atoms with van der Waals surface area (Å²) >= 11 is 1.56. The Kier molecular flexibility index (Phi) is 4.76. The number of benzene rings is 1. The largest absolute Gasteiger partial charge is 0.423 e. The van der Waals surface area contributed by atoms with Gasteiger partial charge < -0.3 is 9.32 Å². The van der Waals surface area contributed by atoms with Crippen LogP contribution < -0.4 is 5.63 Å². The van der Waals surface area contributed by atoms with E-state index < -0.39 is 0 Å². The lowest BCUT2D eigenvalue weighted by molar-refractivity contribution is 0.0633. The molecule has 1 amide bonds. The Morgan fingerprint density at radius 2 is 1.83 bits per heavy atom. The van der Waals surface area contributed by atoms with Crippen molar-refractivity contribution in [3.63, 3.8) is 0 Å². The van der Waals surface area contributed by atoms with Gasteiger partial charge in [0.25, 0.3) is 5.91 Å². The van der Waals surface area contributed by atoms with Gasteiger partial charge in [0.2, 0.25) is 0 Å². The van der Waals surface area contributed by atoms with Gasteiger partial charge in [0.05, 0.1) is 4.88 Å². The lowest BCUT2D eigenvalue weighted by Gasteiger charge is -2.34. The highest BCUT2D eigenvalue weighted by molar-refractivity contribution is 7.13. The normalized spacial score (nSPS) is 17.1. The number of hydrogen-bond donors (Lipinski definition) is 0. The van der Waals surface area contributed by atoms with E-state index in [1.807, 2.05) is 24.0 Å². The molecule has 0 N–H and O–H groups in total. The molecule has 0 unspecified atom stereocenters. The standard InChI is InChI=1S/C23H24N2O3S/c1-15-5-6-21(29-15)23(27)25-9-7-24(8-10-25)14-18-13-22(26)28-20-12-17-4-2-3-16(17)11-19(18)20/h5-6,11-13H,2-4,7-10,14H2,1H3. The summed E-state index contributed by atoms with van der Waals surface area (Å²) < 4.78 is 5.49. The summed E-state index contributed by atoms with van der Waals surface area (Å²) in [6, 6.07) is 9.83. The third kappa shape index (κ3) is 3.63. The van der Waals surface area contributed by atoms with Crippen LogP contribution in [0.1, 0.15) is 37.7 Å². The molecule has 0 atom stereocenters. The van der Waals surface area contributed by atoms with Crippen molar-refractivity contribution >= 4 is 28.2 Å². The molecule has 0 saturated carbocycles. The number of amides is 1. The summed E-state index contributed by atoms with van der Waals surface area (Å²) in [7, 11) is 0. The highest BCUT2D eigenvalue weighted by Crippen LogP contribution is 2.29. The molecule has 1 saturated heterocycles. The van der Waals surface area contributed by atoms with Crippen molar-refractivity contribution in [1.82, 2.24) is 9.80 Å². The molecule has 1 aliphatic carbocycles. The van der Waals surface area contributed by atoms with E-state index in [-0.39, 0.29) is 11.5 Å². The topological polar surface area (TPSA) is 53.8 Å². The van der Waals surface area contributed by atoms with Gasteiger partial charge in [-0.2, -0.15) is 0 Å². The maximum absolute atomic E-state index is 12.7. The quantitative estimate of drug-likeness (QED) is 0.622. The number of nitrogens with zero attached hydrogens (tertiary/aromatic N) is 2. The van der Waals surface area contributed by atoms with E-state index in [9.17, 15) is 9.59 Å². The van der Waals surface area contributed by atoms with E-state index in [0.717, 1.165) is 46.6 Å². The summed E-state index contributed by atoms with van der Waals surface area (Å²) in [5.41, 5.74) is 4.14. The number of hydrogen-bond acceptors (Lipinski definition) is 5. The molecular weight excluding hydrogens is 384 g/mol. The van der Waals surface area contributed by atoms with Crippen LogP contribution in [0, 0.1) is 6.92 Å². The van der Waals surface area contributed by atoms with Crippen LogP contribution >= 0.6 is 11.3 Å². The van der Waals surface area contributed by atoms with E-state index in [0.29, 0.717) is 25.2 Å². The molecule has 1 aliphatic heterocycles. The number of carbonyl (C=O) groups is 1. The summed E-state index contributed by atoms with van der Waals surface area (Å²) in [6.45, 7) is 5.77. The first-order chi connectivity index (χ1) is 14.1. The van der Waals surface area contributed by atoms with Crippen LogP contribution in [-0.2, 0) is 19.4 Å². The molecular formula is C23H24N2O3S. The highest BCUT2D eigenvalue weighted by atomic mass is 32.1. The van der Waals surface area contributed by atoms with Crippen molar-refractivity contribution in [3.8, 4) is 0 Å². The number of piperazine rings is 1. The number of rotatable bonds is 3. The molecule has 2 aliphatic rings. The highest BCUT2D eigenvalue weighted by Gasteiger charge is 2.24. The minimum atomic E-state index is -0.285. The van der Waals surface area contributed by atoms with E-state index >= 15 is 0 Å². The lowest BCUT2D eigenvalue weighted by atomic mass is 10.0. The average Bonchev–Trinajstić information content (AvgIpc) is 3.35. The summed E-state index contributed by atoms with van der Waals surface area (Å²) in [5.74, 6) is 0.129. The zero-order valence-electron chi connectivity index (χ0n) is 16.6. The van der Waals surface area contributed by atoms with E-state index in [1.54, 1.807) is 17.4 Å². The molecule has 5 rings (SSSR count). The molecule has 150 valence electrons.